The predicted octanol–water partition coefficient (Wildman–Crippen LogP) is 3.39. The Hall–Kier alpha value is -2.23. The minimum atomic E-state index is -0.779. The summed E-state index contributed by atoms with van der Waals surface area (Å²) in [5.41, 5.74) is 1.48. The summed E-state index contributed by atoms with van der Waals surface area (Å²) in [5.74, 6) is -1.18. The summed E-state index contributed by atoms with van der Waals surface area (Å²) in [6.45, 7) is 0. The van der Waals surface area contributed by atoms with Gasteiger partial charge in [-0.05, 0) is 36.1 Å². The SMILES string of the molecule is O=C(O)C1(c2cccc(-c3cncc(F)c3)c2)CCC1. The molecule has 1 aliphatic carbocycles. The van der Waals surface area contributed by atoms with E-state index in [2.05, 4.69) is 4.98 Å². The fourth-order valence-corrected chi connectivity index (χ4v) is 2.72. The van der Waals surface area contributed by atoms with E-state index in [0.717, 1.165) is 23.7 Å². The molecule has 0 radical (unpaired) electrons. The van der Waals surface area contributed by atoms with Gasteiger partial charge < -0.3 is 5.11 Å². The molecule has 0 bridgehead atoms. The molecule has 102 valence electrons. The van der Waals surface area contributed by atoms with E-state index in [4.69, 9.17) is 0 Å². The number of carboxylic acid groups (broad SMARTS) is 1. The van der Waals surface area contributed by atoms with Gasteiger partial charge in [-0.15, -0.1) is 0 Å². The molecule has 1 fully saturated rings. The van der Waals surface area contributed by atoms with Gasteiger partial charge in [0.1, 0.15) is 5.82 Å². The van der Waals surface area contributed by atoms with Crippen LogP contribution in [0.4, 0.5) is 4.39 Å². The lowest BCUT2D eigenvalue weighted by atomic mass is 9.64. The fourth-order valence-electron chi connectivity index (χ4n) is 2.72. The lowest BCUT2D eigenvalue weighted by Gasteiger charge is -2.38. The number of hydrogen-bond donors (Lipinski definition) is 1. The largest absolute Gasteiger partial charge is 0.481 e. The summed E-state index contributed by atoms with van der Waals surface area (Å²) in [4.78, 5) is 15.4. The minimum absolute atomic E-state index is 0.399. The smallest absolute Gasteiger partial charge is 0.314 e. The highest BCUT2D eigenvalue weighted by molar-refractivity contribution is 5.83. The van der Waals surface area contributed by atoms with Crippen LogP contribution < -0.4 is 0 Å². The van der Waals surface area contributed by atoms with Crippen LogP contribution in [0.2, 0.25) is 0 Å². The molecule has 0 saturated heterocycles. The van der Waals surface area contributed by atoms with Crippen LogP contribution in [-0.2, 0) is 10.2 Å². The molecule has 1 aliphatic rings. The number of carboxylic acids is 1. The number of halogens is 1. The number of pyridine rings is 1. The summed E-state index contributed by atoms with van der Waals surface area (Å²) >= 11 is 0. The molecule has 3 nitrogen and oxygen atoms in total. The molecule has 3 rings (SSSR count). The molecular weight excluding hydrogens is 257 g/mol. The van der Waals surface area contributed by atoms with E-state index in [1.165, 1.54) is 6.07 Å². The highest BCUT2D eigenvalue weighted by Gasteiger charge is 2.45. The second kappa shape index (κ2) is 4.71. The van der Waals surface area contributed by atoms with Crippen LogP contribution in [0.5, 0.6) is 0 Å². The Bertz CT molecular complexity index is 665. The Morgan fingerprint density at radius 1 is 1.20 bits per heavy atom. The fraction of sp³-hybridized carbons (Fsp3) is 0.250. The van der Waals surface area contributed by atoms with E-state index in [1.807, 2.05) is 24.3 Å². The molecule has 0 spiro atoms. The number of aromatic nitrogens is 1. The molecular formula is C16H14FNO2. The van der Waals surface area contributed by atoms with Gasteiger partial charge in [0, 0.05) is 11.8 Å². The first kappa shape index (κ1) is 12.8. The third-order valence-corrected chi connectivity index (χ3v) is 4.07. The molecule has 0 atom stereocenters. The van der Waals surface area contributed by atoms with Crippen LogP contribution in [-0.4, -0.2) is 16.1 Å². The monoisotopic (exact) mass is 271 g/mol. The quantitative estimate of drug-likeness (QED) is 0.930. The van der Waals surface area contributed by atoms with Gasteiger partial charge in [0.2, 0.25) is 0 Å². The maximum atomic E-state index is 13.2. The zero-order valence-corrected chi connectivity index (χ0v) is 10.8. The van der Waals surface area contributed by atoms with Gasteiger partial charge in [-0.3, -0.25) is 9.78 Å². The van der Waals surface area contributed by atoms with Crippen molar-refractivity contribution in [3.05, 3.63) is 54.1 Å². The minimum Gasteiger partial charge on any atom is -0.481 e. The summed E-state index contributed by atoms with van der Waals surface area (Å²) in [6, 6.07) is 8.74. The van der Waals surface area contributed by atoms with Crippen molar-refractivity contribution in [2.75, 3.05) is 0 Å². The summed E-state index contributed by atoms with van der Waals surface area (Å²) in [5, 5.41) is 9.47. The van der Waals surface area contributed by atoms with Crippen molar-refractivity contribution in [1.29, 1.82) is 0 Å². The second-order valence-corrected chi connectivity index (χ2v) is 5.21. The van der Waals surface area contributed by atoms with Crippen LogP contribution in [0.25, 0.3) is 11.1 Å². The molecule has 0 unspecified atom stereocenters. The van der Waals surface area contributed by atoms with Crippen LogP contribution in [0.1, 0.15) is 24.8 Å². The normalized spacial score (nSPS) is 16.4. The first-order chi connectivity index (χ1) is 9.62. The number of nitrogens with zero attached hydrogens (tertiary/aromatic N) is 1. The third-order valence-electron chi connectivity index (χ3n) is 4.07. The van der Waals surface area contributed by atoms with Crippen molar-refractivity contribution in [1.82, 2.24) is 4.98 Å². The molecule has 1 heterocycles. The van der Waals surface area contributed by atoms with Crippen LogP contribution in [0.3, 0.4) is 0 Å². The van der Waals surface area contributed by atoms with Gasteiger partial charge in [0.05, 0.1) is 11.6 Å². The van der Waals surface area contributed by atoms with Gasteiger partial charge in [-0.1, -0.05) is 24.6 Å². The molecule has 20 heavy (non-hydrogen) atoms. The number of aliphatic carboxylic acids is 1. The first-order valence-electron chi connectivity index (χ1n) is 6.57. The third kappa shape index (κ3) is 1.97. The highest BCUT2D eigenvalue weighted by atomic mass is 19.1. The number of carbonyl (C=O) groups is 1. The molecule has 0 aliphatic heterocycles. The summed E-state index contributed by atoms with van der Waals surface area (Å²) in [6.07, 6.45) is 4.98. The number of hydrogen-bond acceptors (Lipinski definition) is 2. The van der Waals surface area contributed by atoms with Gasteiger partial charge in [-0.2, -0.15) is 0 Å². The van der Waals surface area contributed by atoms with Crippen molar-refractivity contribution in [2.45, 2.75) is 24.7 Å². The first-order valence-corrected chi connectivity index (χ1v) is 6.57. The maximum absolute atomic E-state index is 13.2. The predicted molar refractivity (Wildman–Crippen MR) is 72.8 cm³/mol. The average molecular weight is 271 g/mol. The lowest BCUT2D eigenvalue weighted by Crippen LogP contribution is -2.42. The molecule has 1 saturated carbocycles. The maximum Gasteiger partial charge on any atom is 0.314 e. The van der Waals surface area contributed by atoms with Crippen molar-refractivity contribution in [3.8, 4) is 11.1 Å². The van der Waals surface area contributed by atoms with Crippen LogP contribution in [0, 0.1) is 5.82 Å². The zero-order chi connectivity index (χ0) is 14.2. The second-order valence-electron chi connectivity index (χ2n) is 5.21. The Balaban J connectivity index is 2.04. The standard InChI is InChI=1S/C16H14FNO2/c17-14-8-12(9-18-10-14)11-3-1-4-13(7-11)16(15(19)20)5-2-6-16/h1,3-4,7-10H,2,5-6H2,(H,19,20). The summed E-state index contributed by atoms with van der Waals surface area (Å²) < 4.78 is 13.2. The topological polar surface area (TPSA) is 50.2 Å². The zero-order valence-electron chi connectivity index (χ0n) is 10.8. The van der Waals surface area contributed by atoms with E-state index >= 15 is 0 Å². The number of benzene rings is 1. The average Bonchev–Trinajstić information content (AvgIpc) is 2.37. The van der Waals surface area contributed by atoms with Crippen molar-refractivity contribution in [2.24, 2.45) is 0 Å². The van der Waals surface area contributed by atoms with Gasteiger partial charge in [-0.25, -0.2) is 4.39 Å². The Morgan fingerprint density at radius 3 is 2.60 bits per heavy atom. The van der Waals surface area contributed by atoms with Crippen molar-refractivity contribution in [3.63, 3.8) is 0 Å². The molecule has 1 aromatic heterocycles. The Labute approximate surface area is 116 Å². The van der Waals surface area contributed by atoms with Gasteiger partial charge in [0.15, 0.2) is 0 Å². The van der Waals surface area contributed by atoms with Crippen molar-refractivity contribution >= 4 is 5.97 Å². The van der Waals surface area contributed by atoms with E-state index in [0.29, 0.717) is 18.4 Å². The van der Waals surface area contributed by atoms with Gasteiger partial charge in [0.25, 0.3) is 0 Å². The molecule has 0 amide bonds. The Morgan fingerprint density at radius 2 is 2.00 bits per heavy atom. The van der Waals surface area contributed by atoms with E-state index < -0.39 is 17.2 Å². The van der Waals surface area contributed by atoms with E-state index in [9.17, 15) is 14.3 Å². The number of rotatable bonds is 3. The summed E-state index contributed by atoms with van der Waals surface area (Å²) in [7, 11) is 0. The Kier molecular flexibility index (Phi) is 3.01. The molecule has 2 aromatic rings. The van der Waals surface area contributed by atoms with E-state index in [1.54, 1.807) is 6.20 Å². The van der Waals surface area contributed by atoms with E-state index in [-0.39, 0.29) is 0 Å². The van der Waals surface area contributed by atoms with Crippen molar-refractivity contribution < 1.29 is 14.3 Å². The van der Waals surface area contributed by atoms with Gasteiger partial charge >= 0.3 is 5.97 Å². The highest BCUT2D eigenvalue weighted by Crippen LogP contribution is 2.44. The lowest BCUT2D eigenvalue weighted by molar-refractivity contribution is -0.147. The van der Waals surface area contributed by atoms with Crippen LogP contribution >= 0.6 is 0 Å². The van der Waals surface area contributed by atoms with Crippen LogP contribution in [0.15, 0.2) is 42.7 Å². The molecule has 4 heteroatoms. The molecule has 1 aromatic carbocycles. The molecule has 1 N–H and O–H groups in total.